The normalized spacial score (nSPS) is 47.2. The molecule has 0 radical (unpaired) electrons. The fourth-order valence-corrected chi connectivity index (χ4v) is 9.28. The summed E-state index contributed by atoms with van der Waals surface area (Å²) >= 11 is 0. The number of rotatable bonds is 3. The van der Waals surface area contributed by atoms with Gasteiger partial charge >= 0.3 is 11.9 Å². The van der Waals surface area contributed by atoms with Gasteiger partial charge in [0.05, 0.1) is 11.3 Å². The molecule has 3 fully saturated rings. The molecule has 4 aliphatic carbocycles. The van der Waals surface area contributed by atoms with Crippen LogP contribution in [0.15, 0.2) is 11.6 Å². The van der Waals surface area contributed by atoms with Crippen LogP contribution in [0.25, 0.3) is 0 Å². The van der Waals surface area contributed by atoms with Crippen LogP contribution >= 0.6 is 0 Å². The van der Waals surface area contributed by atoms with Crippen LogP contribution in [-0.2, 0) is 23.9 Å². The summed E-state index contributed by atoms with van der Waals surface area (Å²) in [6.45, 7) is 12.1. The lowest BCUT2D eigenvalue weighted by molar-refractivity contribution is -0.228. The molecule has 7 nitrogen and oxygen atoms in total. The zero-order valence-corrected chi connectivity index (χ0v) is 21.4. The van der Waals surface area contributed by atoms with E-state index >= 15 is 0 Å². The first-order valence-corrected chi connectivity index (χ1v) is 12.4. The maximum Gasteiger partial charge on any atom is 0.319 e. The largest absolute Gasteiger partial charge is 0.480 e. The Balaban J connectivity index is 1.97. The van der Waals surface area contributed by atoms with Gasteiger partial charge in [-0.3, -0.25) is 19.2 Å². The van der Waals surface area contributed by atoms with Gasteiger partial charge < -0.3 is 14.9 Å². The fraction of sp³-hybridized carbons (Fsp3) is 0.778. The average molecular weight is 475 g/mol. The molecular weight excluding hydrogens is 436 g/mol. The first kappa shape index (κ1) is 25.1. The van der Waals surface area contributed by atoms with Crippen LogP contribution in [-0.4, -0.2) is 46.4 Å². The van der Waals surface area contributed by atoms with Gasteiger partial charge in [-0.05, 0) is 63.7 Å². The lowest BCUT2D eigenvalue weighted by Crippen LogP contribution is -2.70. The van der Waals surface area contributed by atoms with Gasteiger partial charge in [-0.1, -0.05) is 32.4 Å². The van der Waals surface area contributed by atoms with Gasteiger partial charge in [-0.25, -0.2) is 0 Å². The summed E-state index contributed by atoms with van der Waals surface area (Å²) in [4.78, 5) is 52.3. The average Bonchev–Trinajstić information content (AvgIpc) is 2.91. The van der Waals surface area contributed by atoms with Crippen molar-refractivity contribution in [1.29, 1.82) is 0 Å². The highest BCUT2D eigenvalue weighted by Crippen LogP contribution is 2.76. The molecule has 0 aromatic carbocycles. The predicted octanol–water partition coefficient (Wildman–Crippen LogP) is 3.57. The molecule has 4 aliphatic rings. The summed E-state index contributed by atoms with van der Waals surface area (Å²) in [5.74, 6) is -3.86. The van der Waals surface area contributed by atoms with Crippen molar-refractivity contribution in [1.82, 2.24) is 0 Å². The number of allylic oxidation sites excluding steroid dienone is 2. The minimum Gasteiger partial charge on any atom is -0.480 e. The number of carboxylic acid groups (broad SMARTS) is 1. The second-order valence-electron chi connectivity index (χ2n) is 12.3. The van der Waals surface area contributed by atoms with Gasteiger partial charge in [-0.15, -0.1) is 0 Å². The van der Waals surface area contributed by atoms with Crippen molar-refractivity contribution < 1.29 is 34.1 Å². The number of carbonyl (C=O) groups is 4. The summed E-state index contributed by atoms with van der Waals surface area (Å²) in [7, 11) is 0. The minimum atomic E-state index is -1.88. The van der Waals surface area contributed by atoms with Gasteiger partial charge in [0.15, 0.2) is 11.6 Å². The van der Waals surface area contributed by atoms with E-state index in [0.29, 0.717) is 31.3 Å². The van der Waals surface area contributed by atoms with Crippen LogP contribution in [0.4, 0.5) is 0 Å². The van der Waals surface area contributed by atoms with E-state index in [9.17, 15) is 29.4 Å². The van der Waals surface area contributed by atoms with Crippen LogP contribution in [0.1, 0.15) is 74.1 Å². The van der Waals surface area contributed by atoms with Crippen LogP contribution in [0.2, 0.25) is 0 Å². The molecule has 7 heteroatoms. The number of aliphatic hydroxyl groups excluding tert-OH is 1. The van der Waals surface area contributed by atoms with E-state index in [2.05, 4.69) is 13.8 Å². The number of esters is 1. The minimum absolute atomic E-state index is 0.0509. The van der Waals surface area contributed by atoms with Crippen molar-refractivity contribution >= 4 is 23.5 Å². The molecule has 4 rings (SSSR count). The van der Waals surface area contributed by atoms with E-state index in [1.807, 2.05) is 13.0 Å². The number of hydrogen-bond acceptors (Lipinski definition) is 6. The van der Waals surface area contributed by atoms with Crippen LogP contribution < -0.4 is 0 Å². The van der Waals surface area contributed by atoms with E-state index < -0.39 is 50.7 Å². The molecule has 8 atom stereocenters. The Hall–Kier alpha value is -2.02. The first-order chi connectivity index (χ1) is 15.6. The monoisotopic (exact) mass is 474 g/mol. The molecule has 0 heterocycles. The topological polar surface area (TPSA) is 118 Å². The smallest absolute Gasteiger partial charge is 0.319 e. The van der Waals surface area contributed by atoms with Crippen LogP contribution in [0, 0.1) is 44.8 Å². The van der Waals surface area contributed by atoms with Gasteiger partial charge in [-0.2, -0.15) is 0 Å². The molecule has 0 amide bonds. The number of hydrogen-bond donors (Lipinski definition) is 2. The Kier molecular flexibility index (Phi) is 5.35. The van der Waals surface area contributed by atoms with E-state index in [1.165, 1.54) is 13.8 Å². The standard InChI is InChI=1S/C27H38O7/c1-14-12-18-24(6,27(22(32)33)21(31)15(2)20(30)25(14,27)7)10-8-17-23(4,5)19(34-16(3)29)9-11-26(17,18)13-28/h12,15,17-19,28H,8-11,13H2,1-7H3,(H,32,33)/t15?,17-,18-,19+,24+,25+,26+,27-/m1/s1. The third-order valence-corrected chi connectivity index (χ3v) is 10.9. The highest BCUT2D eigenvalue weighted by molar-refractivity contribution is 6.24. The van der Waals surface area contributed by atoms with Crippen molar-refractivity contribution in [3.63, 3.8) is 0 Å². The molecule has 0 aliphatic heterocycles. The highest BCUT2D eigenvalue weighted by Gasteiger charge is 2.82. The molecule has 0 bridgehead atoms. The quantitative estimate of drug-likeness (QED) is 0.365. The first-order valence-electron chi connectivity index (χ1n) is 12.4. The molecule has 2 N–H and O–H groups in total. The molecule has 188 valence electrons. The lowest BCUT2D eigenvalue weighted by Gasteiger charge is -2.68. The summed E-state index contributed by atoms with van der Waals surface area (Å²) < 4.78 is 5.69. The van der Waals surface area contributed by atoms with Crippen molar-refractivity contribution in [3.05, 3.63) is 11.6 Å². The molecule has 0 aromatic rings. The second-order valence-corrected chi connectivity index (χ2v) is 12.3. The molecule has 0 aromatic heterocycles. The van der Waals surface area contributed by atoms with E-state index in [1.54, 1.807) is 13.8 Å². The Bertz CT molecular complexity index is 1010. The Morgan fingerprint density at radius 2 is 1.71 bits per heavy atom. The SMILES string of the molecule is CC(=O)O[C@H]1CC[C@]2(CO)[C@H](CC[C@@]3(C)[C@H]2C=C(C)[C@@]2(C)C(=O)C(C)C(=O)[C@]23C(=O)O)C1(C)C. The molecule has 0 saturated heterocycles. The van der Waals surface area contributed by atoms with Crippen LogP contribution in [0.5, 0.6) is 0 Å². The molecule has 3 saturated carbocycles. The zero-order chi connectivity index (χ0) is 25.6. The summed E-state index contributed by atoms with van der Waals surface area (Å²) in [5.41, 5.74) is -4.89. The van der Waals surface area contributed by atoms with Crippen LogP contribution in [0.3, 0.4) is 0 Å². The summed E-state index contributed by atoms with van der Waals surface area (Å²) in [6.07, 6.45) is 3.80. The number of fused-ring (bicyclic) bond motifs is 5. The Morgan fingerprint density at radius 3 is 2.24 bits per heavy atom. The number of carboxylic acids is 1. The van der Waals surface area contributed by atoms with Crippen molar-refractivity contribution in [3.8, 4) is 0 Å². The van der Waals surface area contributed by atoms with Crippen molar-refractivity contribution in [2.75, 3.05) is 6.61 Å². The number of Topliss-reactive ketones (excluding diaryl/α,β-unsaturated/α-hetero) is 2. The summed E-state index contributed by atoms with van der Waals surface area (Å²) in [5, 5.41) is 21.7. The van der Waals surface area contributed by atoms with Gasteiger partial charge in [0, 0.05) is 24.4 Å². The third kappa shape index (κ3) is 2.47. The predicted molar refractivity (Wildman–Crippen MR) is 124 cm³/mol. The zero-order valence-electron chi connectivity index (χ0n) is 21.4. The fourth-order valence-electron chi connectivity index (χ4n) is 9.28. The number of aliphatic hydroxyl groups is 1. The third-order valence-electron chi connectivity index (χ3n) is 10.9. The Morgan fingerprint density at radius 1 is 1.09 bits per heavy atom. The maximum atomic E-state index is 13.8. The molecular formula is C27H38O7. The summed E-state index contributed by atoms with van der Waals surface area (Å²) in [6, 6.07) is 0. The lowest BCUT2D eigenvalue weighted by atomic mass is 9.33. The van der Waals surface area contributed by atoms with Gasteiger partial charge in [0.25, 0.3) is 0 Å². The van der Waals surface area contributed by atoms with Gasteiger partial charge in [0.2, 0.25) is 0 Å². The van der Waals surface area contributed by atoms with Crippen molar-refractivity contribution in [2.24, 2.45) is 44.8 Å². The molecule has 1 unspecified atom stereocenters. The van der Waals surface area contributed by atoms with E-state index in [0.717, 1.165) is 0 Å². The van der Waals surface area contributed by atoms with E-state index in [-0.39, 0.29) is 30.4 Å². The van der Waals surface area contributed by atoms with Gasteiger partial charge in [0.1, 0.15) is 11.5 Å². The highest BCUT2D eigenvalue weighted by atomic mass is 16.5. The number of ketones is 2. The number of ether oxygens (including phenoxy) is 1. The molecule has 0 spiro atoms. The van der Waals surface area contributed by atoms with Crippen molar-refractivity contribution in [2.45, 2.75) is 80.3 Å². The maximum absolute atomic E-state index is 13.8. The number of carbonyl (C=O) groups excluding carboxylic acids is 3. The number of aliphatic carboxylic acids is 1. The van der Waals surface area contributed by atoms with E-state index in [4.69, 9.17) is 4.74 Å². The Labute approximate surface area is 201 Å². The molecule has 34 heavy (non-hydrogen) atoms. The second kappa shape index (κ2) is 7.25.